The van der Waals surface area contributed by atoms with Crippen LogP contribution in [0.25, 0.3) is 0 Å². The average Bonchev–Trinajstić information content (AvgIpc) is 2.53. The fourth-order valence-corrected chi connectivity index (χ4v) is 1.99. The molecule has 2 aromatic carbocycles. The molecule has 1 unspecified atom stereocenters. The highest BCUT2D eigenvalue weighted by Crippen LogP contribution is 2.26. The summed E-state index contributed by atoms with van der Waals surface area (Å²) in [5, 5.41) is 13.0. The van der Waals surface area contributed by atoms with E-state index in [1.54, 1.807) is 37.3 Å². The fraction of sp³-hybridized carbons (Fsp3) is 0.133. The average molecular weight is 324 g/mol. The van der Waals surface area contributed by atoms with E-state index >= 15 is 0 Å². The standard InChI is InChI=1S/C15H11F3N2O3/c1-8(9-5-3-2-4-6-9)19-15(21)10-7-11(20(22)23)13(17)14(18)12(10)16/h2-8H,1H3,(H,19,21). The third-order valence-electron chi connectivity index (χ3n) is 3.22. The molecule has 0 aromatic heterocycles. The Balaban J connectivity index is 2.34. The first-order valence-electron chi connectivity index (χ1n) is 6.50. The molecule has 0 saturated carbocycles. The fourth-order valence-electron chi connectivity index (χ4n) is 1.99. The van der Waals surface area contributed by atoms with E-state index in [0.29, 0.717) is 11.6 Å². The zero-order chi connectivity index (χ0) is 17.1. The minimum absolute atomic E-state index is 0.376. The van der Waals surface area contributed by atoms with Crippen molar-refractivity contribution < 1.29 is 22.9 Å². The molecule has 0 fully saturated rings. The lowest BCUT2D eigenvalue weighted by molar-refractivity contribution is -0.387. The molecule has 5 nitrogen and oxygen atoms in total. The molecule has 0 saturated heterocycles. The number of rotatable bonds is 4. The van der Waals surface area contributed by atoms with Gasteiger partial charge in [-0.1, -0.05) is 30.3 Å². The van der Waals surface area contributed by atoms with Gasteiger partial charge in [-0.2, -0.15) is 4.39 Å². The second-order valence-electron chi connectivity index (χ2n) is 4.75. The monoisotopic (exact) mass is 324 g/mol. The van der Waals surface area contributed by atoms with Crippen molar-refractivity contribution >= 4 is 11.6 Å². The van der Waals surface area contributed by atoms with Gasteiger partial charge in [-0.05, 0) is 12.5 Å². The van der Waals surface area contributed by atoms with Crippen molar-refractivity contribution in [2.75, 3.05) is 0 Å². The minimum atomic E-state index is -2.06. The second-order valence-corrected chi connectivity index (χ2v) is 4.75. The summed E-state index contributed by atoms with van der Waals surface area (Å²) in [7, 11) is 0. The topological polar surface area (TPSA) is 72.2 Å². The Bertz CT molecular complexity index is 766. The van der Waals surface area contributed by atoms with E-state index in [9.17, 15) is 28.1 Å². The number of hydrogen-bond donors (Lipinski definition) is 1. The van der Waals surface area contributed by atoms with Crippen LogP contribution in [0.4, 0.5) is 18.9 Å². The van der Waals surface area contributed by atoms with Crippen molar-refractivity contribution in [3.63, 3.8) is 0 Å². The predicted molar refractivity (Wildman–Crippen MR) is 75.3 cm³/mol. The summed E-state index contributed by atoms with van der Waals surface area (Å²) in [6.45, 7) is 1.60. The van der Waals surface area contributed by atoms with Crippen molar-refractivity contribution in [2.45, 2.75) is 13.0 Å². The summed E-state index contributed by atoms with van der Waals surface area (Å²) in [4.78, 5) is 21.4. The highest BCUT2D eigenvalue weighted by Gasteiger charge is 2.29. The highest BCUT2D eigenvalue weighted by atomic mass is 19.2. The minimum Gasteiger partial charge on any atom is -0.345 e. The molecule has 2 aromatic rings. The van der Waals surface area contributed by atoms with E-state index < -0.39 is 45.6 Å². The molecule has 0 heterocycles. The smallest absolute Gasteiger partial charge is 0.308 e. The number of carbonyl (C=O) groups excluding carboxylic acids is 1. The molecule has 1 atom stereocenters. The van der Waals surface area contributed by atoms with Crippen LogP contribution in [-0.2, 0) is 0 Å². The number of benzene rings is 2. The van der Waals surface area contributed by atoms with Crippen LogP contribution in [0.5, 0.6) is 0 Å². The maximum atomic E-state index is 13.7. The van der Waals surface area contributed by atoms with E-state index in [1.807, 2.05) is 0 Å². The Kier molecular flexibility index (Phi) is 4.63. The number of carbonyl (C=O) groups is 1. The van der Waals surface area contributed by atoms with Gasteiger partial charge in [0, 0.05) is 6.07 Å². The van der Waals surface area contributed by atoms with E-state index in [1.165, 1.54) is 0 Å². The molecule has 0 aliphatic rings. The highest BCUT2D eigenvalue weighted by molar-refractivity contribution is 5.95. The summed E-state index contributed by atoms with van der Waals surface area (Å²) in [5.41, 5.74) is -1.54. The van der Waals surface area contributed by atoms with Crippen molar-refractivity contribution in [1.29, 1.82) is 0 Å². The van der Waals surface area contributed by atoms with Crippen LogP contribution in [-0.4, -0.2) is 10.8 Å². The van der Waals surface area contributed by atoms with Gasteiger partial charge in [-0.15, -0.1) is 0 Å². The van der Waals surface area contributed by atoms with Gasteiger partial charge in [-0.25, -0.2) is 8.78 Å². The molecule has 8 heteroatoms. The van der Waals surface area contributed by atoms with Crippen LogP contribution in [0.1, 0.15) is 28.9 Å². The normalized spacial score (nSPS) is 11.8. The summed E-state index contributed by atoms with van der Waals surface area (Å²) in [5.74, 6) is -6.86. The van der Waals surface area contributed by atoms with Crippen LogP contribution in [0.15, 0.2) is 36.4 Å². The molecule has 23 heavy (non-hydrogen) atoms. The first-order chi connectivity index (χ1) is 10.8. The predicted octanol–water partition coefficient (Wildman–Crippen LogP) is 3.50. The second kappa shape index (κ2) is 6.47. The Morgan fingerprint density at radius 3 is 2.30 bits per heavy atom. The Morgan fingerprint density at radius 1 is 1.13 bits per heavy atom. The van der Waals surface area contributed by atoms with Crippen LogP contribution in [0.2, 0.25) is 0 Å². The Morgan fingerprint density at radius 2 is 1.74 bits per heavy atom. The molecular weight excluding hydrogens is 313 g/mol. The quantitative estimate of drug-likeness (QED) is 0.531. The zero-order valence-corrected chi connectivity index (χ0v) is 11.8. The number of halogens is 3. The maximum Gasteiger partial charge on any atom is 0.308 e. The summed E-state index contributed by atoms with van der Waals surface area (Å²) >= 11 is 0. The third-order valence-corrected chi connectivity index (χ3v) is 3.22. The van der Waals surface area contributed by atoms with Gasteiger partial charge in [0.25, 0.3) is 5.91 Å². The number of amides is 1. The molecule has 2 rings (SSSR count). The Labute approximate surface area is 128 Å². The number of nitrogens with zero attached hydrogens (tertiary/aromatic N) is 1. The van der Waals surface area contributed by atoms with Gasteiger partial charge in [0.2, 0.25) is 11.6 Å². The molecule has 1 amide bonds. The molecule has 0 spiro atoms. The number of nitro groups is 1. The molecule has 0 radical (unpaired) electrons. The van der Waals surface area contributed by atoms with Crippen molar-refractivity contribution in [3.05, 3.63) is 75.1 Å². The van der Waals surface area contributed by atoms with Gasteiger partial charge in [0.1, 0.15) is 0 Å². The van der Waals surface area contributed by atoms with Crippen molar-refractivity contribution in [3.8, 4) is 0 Å². The summed E-state index contributed by atoms with van der Waals surface area (Å²) in [6.07, 6.45) is 0. The molecule has 1 N–H and O–H groups in total. The number of nitrogens with one attached hydrogen (secondary N) is 1. The largest absolute Gasteiger partial charge is 0.345 e. The van der Waals surface area contributed by atoms with E-state index in [0.717, 1.165) is 0 Å². The number of nitro benzene ring substituents is 1. The lowest BCUT2D eigenvalue weighted by atomic mass is 10.1. The van der Waals surface area contributed by atoms with Crippen LogP contribution >= 0.6 is 0 Å². The van der Waals surface area contributed by atoms with E-state index in [4.69, 9.17) is 0 Å². The zero-order valence-electron chi connectivity index (χ0n) is 11.8. The van der Waals surface area contributed by atoms with Gasteiger partial charge in [-0.3, -0.25) is 14.9 Å². The van der Waals surface area contributed by atoms with Gasteiger partial charge in [0.05, 0.1) is 16.5 Å². The first kappa shape index (κ1) is 16.5. The number of hydrogen-bond acceptors (Lipinski definition) is 3. The first-order valence-corrected chi connectivity index (χ1v) is 6.50. The van der Waals surface area contributed by atoms with Crippen LogP contribution < -0.4 is 5.32 Å². The molecular formula is C15H11F3N2O3. The third kappa shape index (κ3) is 3.31. The van der Waals surface area contributed by atoms with Crippen LogP contribution in [0, 0.1) is 27.6 Å². The lowest BCUT2D eigenvalue weighted by Crippen LogP contribution is -2.28. The molecule has 0 aliphatic carbocycles. The van der Waals surface area contributed by atoms with E-state index in [2.05, 4.69) is 5.32 Å². The Hall–Kier alpha value is -2.90. The van der Waals surface area contributed by atoms with E-state index in [-0.39, 0.29) is 0 Å². The van der Waals surface area contributed by atoms with Gasteiger partial charge < -0.3 is 5.32 Å². The maximum absolute atomic E-state index is 13.7. The van der Waals surface area contributed by atoms with Crippen molar-refractivity contribution in [1.82, 2.24) is 5.32 Å². The molecule has 0 bridgehead atoms. The molecule has 0 aliphatic heterocycles. The SMILES string of the molecule is CC(NC(=O)c1cc([N+](=O)[O-])c(F)c(F)c1F)c1ccccc1. The lowest BCUT2D eigenvalue weighted by Gasteiger charge is -2.14. The van der Waals surface area contributed by atoms with Crippen LogP contribution in [0.3, 0.4) is 0 Å². The summed E-state index contributed by atoms with van der Waals surface area (Å²) < 4.78 is 40.4. The molecule has 120 valence electrons. The van der Waals surface area contributed by atoms with Crippen molar-refractivity contribution in [2.24, 2.45) is 0 Å². The van der Waals surface area contributed by atoms with Gasteiger partial charge in [0.15, 0.2) is 5.82 Å². The summed E-state index contributed by atoms with van der Waals surface area (Å²) in [6, 6.07) is 8.43. The van der Waals surface area contributed by atoms with Gasteiger partial charge >= 0.3 is 5.69 Å².